The molecule has 1 aliphatic heterocycles. The van der Waals surface area contributed by atoms with Gasteiger partial charge in [-0.3, -0.25) is 10.1 Å². The molecule has 1 aliphatic rings. The summed E-state index contributed by atoms with van der Waals surface area (Å²) in [4.78, 5) is 11.7. The Bertz CT molecular complexity index is 624. The fourth-order valence-corrected chi connectivity index (χ4v) is 3.64. The highest BCUT2D eigenvalue weighted by Gasteiger charge is 2.28. The average Bonchev–Trinajstić information content (AvgIpc) is 3.08. The molecule has 1 N–H and O–H groups in total. The van der Waals surface area contributed by atoms with Crippen LogP contribution in [0.4, 0.5) is 5.69 Å². The maximum absolute atomic E-state index is 10.9. The van der Waals surface area contributed by atoms with Gasteiger partial charge in [0.25, 0.3) is 5.69 Å². The predicted molar refractivity (Wildman–Crippen MR) is 86.4 cm³/mol. The second-order valence-electron chi connectivity index (χ2n) is 5.41. The minimum atomic E-state index is -0.394. The largest absolute Gasteiger partial charge is 0.484 e. The van der Waals surface area contributed by atoms with Gasteiger partial charge < -0.3 is 10.1 Å². The summed E-state index contributed by atoms with van der Waals surface area (Å²) in [6, 6.07) is 10.5. The van der Waals surface area contributed by atoms with Gasteiger partial charge in [-0.05, 0) is 36.9 Å². The number of hydrogen-bond donors (Lipinski definition) is 1. The Kier molecular flexibility index (Phi) is 4.70. The van der Waals surface area contributed by atoms with Gasteiger partial charge in [0.2, 0.25) is 0 Å². The SMILES string of the molecule is O=[N+]([O-])c1cccc(OC(c2cccs2)C2CCCNC2)c1. The number of thiophene rings is 1. The summed E-state index contributed by atoms with van der Waals surface area (Å²) in [6.07, 6.45) is 2.17. The van der Waals surface area contributed by atoms with Crippen molar-refractivity contribution in [2.24, 2.45) is 5.92 Å². The van der Waals surface area contributed by atoms with Gasteiger partial charge >= 0.3 is 0 Å². The first-order valence-corrected chi connectivity index (χ1v) is 8.27. The Morgan fingerprint density at radius 2 is 2.27 bits per heavy atom. The highest BCUT2D eigenvalue weighted by molar-refractivity contribution is 7.10. The number of nitrogens with one attached hydrogen (secondary N) is 1. The number of rotatable bonds is 5. The lowest BCUT2D eigenvalue weighted by atomic mass is 9.92. The molecule has 6 heteroatoms. The molecule has 116 valence electrons. The molecule has 0 spiro atoms. The van der Waals surface area contributed by atoms with Gasteiger partial charge in [0.15, 0.2) is 0 Å². The minimum absolute atomic E-state index is 0.0594. The van der Waals surface area contributed by atoms with E-state index in [0.29, 0.717) is 11.7 Å². The number of piperidine rings is 1. The van der Waals surface area contributed by atoms with Crippen LogP contribution in [0.3, 0.4) is 0 Å². The minimum Gasteiger partial charge on any atom is -0.484 e. The molecule has 0 saturated carbocycles. The number of non-ortho nitro benzene ring substituents is 1. The zero-order valence-corrected chi connectivity index (χ0v) is 12.9. The molecule has 1 aromatic carbocycles. The smallest absolute Gasteiger partial charge is 0.273 e. The van der Waals surface area contributed by atoms with Gasteiger partial charge in [0.05, 0.1) is 11.0 Å². The maximum atomic E-state index is 10.9. The number of ether oxygens (including phenoxy) is 1. The predicted octanol–water partition coefficient (Wildman–Crippen LogP) is 3.78. The first-order valence-electron chi connectivity index (χ1n) is 7.39. The van der Waals surface area contributed by atoms with Crippen LogP contribution in [-0.2, 0) is 0 Å². The molecule has 2 heterocycles. The fourth-order valence-electron chi connectivity index (χ4n) is 2.79. The summed E-state index contributed by atoms with van der Waals surface area (Å²) in [6.45, 7) is 1.96. The zero-order chi connectivity index (χ0) is 15.4. The highest BCUT2D eigenvalue weighted by Crippen LogP contribution is 2.35. The van der Waals surface area contributed by atoms with E-state index in [2.05, 4.69) is 11.4 Å². The van der Waals surface area contributed by atoms with Crippen molar-refractivity contribution in [2.45, 2.75) is 18.9 Å². The van der Waals surface area contributed by atoms with Gasteiger partial charge in [-0.2, -0.15) is 0 Å². The monoisotopic (exact) mass is 318 g/mol. The molecule has 1 aromatic heterocycles. The van der Waals surface area contributed by atoms with Crippen LogP contribution in [0.25, 0.3) is 0 Å². The lowest BCUT2D eigenvalue weighted by Gasteiger charge is -2.30. The molecule has 1 fully saturated rings. The Balaban J connectivity index is 1.83. The molecule has 2 aromatic rings. The Hall–Kier alpha value is -1.92. The van der Waals surface area contributed by atoms with Gasteiger partial charge in [0, 0.05) is 23.4 Å². The molecule has 0 aliphatic carbocycles. The van der Waals surface area contributed by atoms with Crippen molar-refractivity contribution in [3.8, 4) is 5.75 Å². The Morgan fingerprint density at radius 3 is 2.95 bits per heavy atom. The topological polar surface area (TPSA) is 64.4 Å². The van der Waals surface area contributed by atoms with Crippen LogP contribution in [-0.4, -0.2) is 18.0 Å². The molecular weight excluding hydrogens is 300 g/mol. The average molecular weight is 318 g/mol. The molecular formula is C16H18N2O3S. The van der Waals surface area contributed by atoms with E-state index in [1.165, 1.54) is 17.0 Å². The van der Waals surface area contributed by atoms with Crippen molar-refractivity contribution in [3.05, 3.63) is 56.8 Å². The van der Waals surface area contributed by atoms with Crippen LogP contribution in [0.2, 0.25) is 0 Å². The summed E-state index contributed by atoms with van der Waals surface area (Å²) in [5.74, 6) is 0.935. The molecule has 0 bridgehead atoms. The van der Waals surface area contributed by atoms with E-state index in [9.17, 15) is 10.1 Å². The molecule has 2 atom stereocenters. The van der Waals surface area contributed by atoms with E-state index in [0.717, 1.165) is 25.9 Å². The maximum Gasteiger partial charge on any atom is 0.273 e. The van der Waals surface area contributed by atoms with E-state index >= 15 is 0 Å². The number of benzene rings is 1. The van der Waals surface area contributed by atoms with Gasteiger partial charge in [-0.1, -0.05) is 12.1 Å². The van der Waals surface area contributed by atoms with E-state index < -0.39 is 4.92 Å². The van der Waals surface area contributed by atoms with E-state index in [4.69, 9.17) is 4.74 Å². The molecule has 5 nitrogen and oxygen atoms in total. The molecule has 2 unspecified atom stereocenters. The zero-order valence-electron chi connectivity index (χ0n) is 12.1. The van der Waals surface area contributed by atoms with E-state index in [1.807, 2.05) is 11.4 Å². The quantitative estimate of drug-likeness (QED) is 0.673. The standard InChI is InChI=1S/C16H18N2O3S/c19-18(20)13-5-1-6-14(10-13)21-16(15-7-3-9-22-15)12-4-2-8-17-11-12/h1,3,5-7,9-10,12,16-17H,2,4,8,11H2. The first-order chi connectivity index (χ1) is 10.7. The lowest BCUT2D eigenvalue weighted by molar-refractivity contribution is -0.385. The summed E-state index contributed by atoms with van der Waals surface area (Å²) in [5.41, 5.74) is 0.0594. The number of nitro benzene ring substituents is 1. The van der Waals surface area contributed by atoms with Crippen molar-refractivity contribution in [1.29, 1.82) is 0 Å². The first kappa shape index (κ1) is 15.0. The second-order valence-corrected chi connectivity index (χ2v) is 6.39. The molecule has 1 saturated heterocycles. The van der Waals surface area contributed by atoms with Crippen LogP contribution in [0.15, 0.2) is 41.8 Å². The lowest BCUT2D eigenvalue weighted by Crippen LogP contribution is -2.34. The van der Waals surface area contributed by atoms with Crippen molar-refractivity contribution in [2.75, 3.05) is 13.1 Å². The van der Waals surface area contributed by atoms with Crippen molar-refractivity contribution < 1.29 is 9.66 Å². The number of nitrogens with zero attached hydrogens (tertiary/aromatic N) is 1. The van der Waals surface area contributed by atoms with Crippen LogP contribution >= 0.6 is 11.3 Å². The van der Waals surface area contributed by atoms with Gasteiger partial charge in [-0.25, -0.2) is 0 Å². The summed E-state index contributed by atoms with van der Waals surface area (Å²) < 4.78 is 6.16. The molecule has 0 amide bonds. The number of nitro groups is 1. The Labute approximate surface area is 133 Å². The second kappa shape index (κ2) is 6.89. The third kappa shape index (κ3) is 3.45. The van der Waals surface area contributed by atoms with Crippen molar-refractivity contribution in [3.63, 3.8) is 0 Å². The highest BCUT2D eigenvalue weighted by atomic mass is 32.1. The van der Waals surface area contributed by atoms with E-state index in [1.54, 1.807) is 23.5 Å². The van der Waals surface area contributed by atoms with Gasteiger partial charge in [0.1, 0.15) is 11.9 Å². The van der Waals surface area contributed by atoms with Crippen LogP contribution in [0, 0.1) is 16.0 Å². The fraction of sp³-hybridized carbons (Fsp3) is 0.375. The summed E-state index contributed by atoms with van der Waals surface area (Å²) in [5, 5.41) is 16.4. The third-order valence-electron chi connectivity index (χ3n) is 3.88. The number of hydrogen-bond acceptors (Lipinski definition) is 5. The van der Waals surface area contributed by atoms with Gasteiger partial charge in [-0.15, -0.1) is 11.3 Å². The van der Waals surface area contributed by atoms with Crippen molar-refractivity contribution in [1.82, 2.24) is 5.32 Å². The molecule has 0 radical (unpaired) electrons. The Morgan fingerprint density at radius 1 is 1.36 bits per heavy atom. The normalized spacial score (nSPS) is 19.5. The van der Waals surface area contributed by atoms with Crippen LogP contribution in [0.1, 0.15) is 23.8 Å². The summed E-state index contributed by atoms with van der Waals surface area (Å²) >= 11 is 1.67. The van der Waals surface area contributed by atoms with Crippen LogP contribution in [0.5, 0.6) is 5.75 Å². The third-order valence-corrected chi connectivity index (χ3v) is 4.81. The molecule has 22 heavy (non-hydrogen) atoms. The molecule has 3 rings (SSSR count). The van der Waals surface area contributed by atoms with E-state index in [-0.39, 0.29) is 11.8 Å². The van der Waals surface area contributed by atoms with Crippen molar-refractivity contribution >= 4 is 17.0 Å². The summed E-state index contributed by atoms with van der Waals surface area (Å²) in [7, 11) is 0. The van der Waals surface area contributed by atoms with Crippen LogP contribution < -0.4 is 10.1 Å².